The Balaban J connectivity index is 1.41. The van der Waals surface area contributed by atoms with Crippen molar-refractivity contribution in [1.82, 2.24) is 15.2 Å². The van der Waals surface area contributed by atoms with Crippen LogP contribution in [0.4, 0.5) is 0 Å². The summed E-state index contributed by atoms with van der Waals surface area (Å²) in [6, 6.07) is 17.5. The summed E-state index contributed by atoms with van der Waals surface area (Å²) in [7, 11) is 3.77. The number of methoxy groups -OCH3 is 1. The lowest BCUT2D eigenvalue weighted by Crippen LogP contribution is -2.39. The van der Waals surface area contributed by atoms with Crippen LogP contribution < -0.4 is 10.1 Å². The monoisotopic (exact) mass is 375 g/mol. The summed E-state index contributed by atoms with van der Waals surface area (Å²) in [4.78, 5) is 6.20. The number of aromatic amines is 1. The standard InChI is InChI=1S/C24H29N3O/c1-25-10-12-27-11-9-24(15-19(24)16-27)18-7-8-21-17(13-18)14-22(26-21)20-5-3-4-6-23(20)28-2/h3-8,13-14,19,25-26H,9-12,15-16H2,1-2H3. The molecule has 2 aromatic carbocycles. The van der Waals surface area contributed by atoms with E-state index < -0.39 is 0 Å². The average Bonchev–Trinajstić information content (AvgIpc) is 3.32. The highest BCUT2D eigenvalue weighted by Crippen LogP contribution is 2.59. The number of aromatic nitrogens is 1. The van der Waals surface area contributed by atoms with Crippen molar-refractivity contribution < 1.29 is 4.74 Å². The molecule has 2 heterocycles. The number of likely N-dealkylation sites (N-methyl/N-ethyl adjacent to an activating group) is 1. The molecule has 4 nitrogen and oxygen atoms in total. The third kappa shape index (κ3) is 2.92. The molecule has 1 aromatic heterocycles. The molecule has 2 N–H and O–H groups in total. The van der Waals surface area contributed by atoms with Crippen LogP contribution in [-0.4, -0.2) is 50.2 Å². The van der Waals surface area contributed by atoms with Crippen molar-refractivity contribution in [3.05, 3.63) is 54.1 Å². The predicted molar refractivity (Wildman–Crippen MR) is 115 cm³/mol. The van der Waals surface area contributed by atoms with Crippen LogP contribution in [0.3, 0.4) is 0 Å². The van der Waals surface area contributed by atoms with Gasteiger partial charge >= 0.3 is 0 Å². The molecule has 5 rings (SSSR count). The smallest absolute Gasteiger partial charge is 0.128 e. The molecule has 0 spiro atoms. The summed E-state index contributed by atoms with van der Waals surface area (Å²) < 4.78 is 5.55. The summed E-state index contributed by atoms with van der Waals surface area (Å²) in [5.74, 6) is 1.73. The van der Waals surface area contributed by atoms with Crippen molar-refractivity contribution in [3.63, 3.8) is 0 Å². The molecule has 2 unspecified atom stereocenters. The number of ether oxygens (including phenoxy) is 1. The maximum absolute atomic E-state index is 5.55. The number of piperidine rings is 1. The third-order valence-corrected chi connectivity index (χ3v) is 6.86. The average molecular weight is 376 g/mol. The van der Waals surface area contributed by atoms with Crippen molar-refractivity contribution in [2.24, 2.45) is 5.92 Å². The number of nitrogens with one attached hydrogen (secondary N) is 2. The quantitative estimate of drug-likeness (QED) is 0.683. The minimum atomic E-state index is 0.423. The largest absolute Gasteiger partial charge is 0.496 e. The number of hydrogen-bond donors (Lipinski definition) is 2. The highest BCUT2D eigenvalue weighted by atomic mass is 16.5. The highest BCUT2D eigenvalue weighted by molar-refractivity contribution is 5.87. The summed E-state index contributed by atoms with van der Waals surface area (Å²) in [6.45, 7) is 4.72. The lowest BCUT2D eigenvalue weighted by Gasteiger charge is -2.32. The topological polar surface area (TPSA) is 40.3 Å². The Morgan fingerprint density at radius 1 is 1.21 bits per heavy atom. The van der Waals surface area contributed by atoms with Crippen molar-refractivity contribution in [2.45, 2.75) is 18.3 Å². The fraction of sp³-hybridized carbons (Fsp3) is 0.417. The fourth-order valence-corrected chi connectivity index (χ4v) is 5.11. The number of nitrogens with zero attached hydrogens (tertiary/aromatic N) is 1. The molecule has 1 saturated heterocycles. The van der Waals surface area contributed by atoms with Crippen molar-refractivity contribution in [1.29, 1.82) is 0 Å². The second-order valence-corrected chi connectivity index (χ2v) is 8.40. The van der Waals surface area contributed by atoms with E-state index in [4.69, 9.17) is 4.74 Å². The van der Waals surface area contributed by atoms with E-state index in [0.29, 0.717) is 5.41 Å². The Kier molecular flexibility index (Phi) is 4.41. The minimum Gasteiger partial charge on any atom is -0.496 e. The summed E-state index contributed by atoms with van der Waals surface area (Å²) in [6.07, 6.45) is 2.63. The first-order valence-electron chi connectivity index (χ1n) is 10.4. The molecule has 4 heteroatoms. The first-order chi connectivity index (χ1) is 13.7. The fourth-order valence-electron chi connectivity index (χ4n) is 5.11. The molecule has 0 bridgehead atoms. The van der Waals surface area contributed by atoms with Gasteiger partial charge in [0.05, 0.1) is 12.8 Å². The number of H-pyrrole nitrogens is 1. The van der Waals surface area contributed by atoms with Crippen LogP contribution >= 0.6 is 0 Å². The number of benzene rings is 2. The molecule has 2 atom stereocenters. The van der Waals surface area contributed by atoms with Gasteiger partial charge in [-0.1, -0.05) is 18.2 Å². The van der Waals surface area contributed by atoms with E-state index in [9.17, 15) is 0 Å². The first kappa shape index (κ1) is 17.8. The van der Waals surface area contributed by atoms with Gasteiger partial charge in [-0.25, -0.2) is 0 Å². The van der Waals surface area contributed by atoms with E-state index in [0.717, 1.165) is 29.5 Å². The predicted octanol–water partition coefficient (Wildman–Crippen LogP) is 4.03. The van der Waals surface area contributed by atoms with Crippen molar-refractivity contribution in [3.8, 4) is 17.0 Å². The number of fused-ring (bicyclic) bond motifs is 2. The van der Waals surface area contributed by atoms with Gasteiger partial charge in [-0.15, -0.1) is 0 Å². The number of para-hydroxylation sites is 1. The van der Waals surface area contributed by atoms with Crippen LogP contribution in [0.1, 0.15) is 18.4 Å². The summed E-state index contributed by atoms with van der Waals surface area (Å²) in [5.41, 5.74) is 5.39. The normalized spacial score (nSPS) is 24.3. The Labute approximate surface area is 166 Å². The van der Waals surface area contributed by atoms with Gasteiger partial charge in [0.1, 0.15) is 5.75 Å². The van der Waals surface area contributed by atoms with E-state index in [-0.39, 0.29) is 0 Å². The zero-order valence-electron chi connectivity index (χ0n) is 16.8. The molecule has 3 aromatic rings. The van der Waals surface area contributed by atoms with Gasteiger partial charge in [0.15, 0.2) is 0 Å². The number of hydrogen-bond acceptors (Lipinski definition) is 3. The Morgan fingerprint density at radius 2 is 2.11 bits per heavy atom. The van der Waals surface area contributed by atoms with E-state index in [1.807, 2.05) is 19.2 Å². The SMILES string of the molecule is CNCCN1CCC2(c3ccc4[nH]c(-c5ccccc5OC)cc4c3)CC2C1. The second kappa shape index (κ2) is 6.94. The zero-order chi connectivity index (χ0) is 19.1. The van der Waals surface area contributed by atoms with Crippen molar-refractivity contribution >= 4 is 10.9 Å². The van der Waals surface area contributed by atoms with Crippen LogP contribution in [0.2, 0.25) is 0 Å². The molecule has 28 heavy (non-hydrogen) atoms. The molecule has 1 aliphatic heterocycles. The van der Waals surface area contributed by atoms with Gasteiger partial charge in [0.25, 0.3) is 0 Å². The highest BCUT2D eigenvalue weighted by Gasteiger charge is 2.57. The van der Waals surface area contributed by atoms with Gasteiger partial charge in [-0.05, 0) is 68.2 Å². The molecular weight excluding hydrogens is 346 g/mol. The number of rotatable bonds is 6. The van der Waals surface area contributed by atoms with Crippen molar-refractivity contribution in [2.75, 3.05) is 40.3 Å². The van der Waals surface area contributed by atoms with E-state index in [1.54, 1.807) is 7.11 Å². The molecule has 0 radical (unpaired) electrons. The molecular formula is C24H29N3O. The summed E-state index contributed by atoms with van der Waals surface area (Å²) in [5, 5.41) is 4.58. The zero-order valence-corrected chi connectivity index (χ0v) is 16.8. The molecule has 1 saturated carbocycles. The van der Waals surface area contributed by atoms with Crippen LogP contribution in [0.5, 0.6) is 5.75 Å². The van der Waals surface area contributed by atoms with Gasteiger partial charge in [0.2, 0.25) is 0 Å². The Hall–Kier alpha value is -2.30. The lowest BCUT2D eigenvalue weighted by atomic mass is 9.86. The Bertz CT molecular complexity index is 994. The Morgan fingerprint density at radius 3 is 2.93 bits per heavy atom. The maximum atomic E-state index is 5.55. The molecule has 1 aliphatic carbocycles. The van der Waals surface area contributed by atoms with Crippen LogP contribution in [-0.2, 0) is 5.41 Å². The second-order valence-electron chi connectivity index (χ2n) is 8.40. The third-order valence-electron chi connectivity index (χ3n) is 6.86. The van der Waals surface area contributed by atoms with E-state index in [1.165, 1.54) is 48.9 Å². The molecule has 0 amide bonds. The van der Waals surface area contributed by atoms with Gasteiger partial charge in [-0.2, -0.15) is 0 Å². The summed E-state index contributed by atoms with van der Waals surface area (Å²) >= 11 is 0. The first-order valence-corrected chi connectivity index (χ1v) is 10.4. The van der Waals surface area contributed by atoms with E-state index >= 15 is 0 Å². The lowest BCUT2D eigenvalue weighted by molar-refractivity contribution is 0.208. The van der Waals surface area contributed by atoms with Crippen LogP contribution in [0, 0.1) is 5.92 Å². The molecule has 2 aliphatic rings. The van der Waals surface area contributed by atoms with Crippen LogP contribution in [0.25, 0.3) is 22.2 Å². The van der Waals surface area contributed by atoms with Gasteiger partial charge in [-0.3, -0.25) is 0 Å². The number of likely N-dealkylation sites (tertiary alicyclic amines) is 1. The molecule has 2 fully saturated rings. The maximum Gasteiger partial charge on any atom is 0.128 e. The van der Waals surface area contributed by atoms with Gasteiger partial charge < -0.3 is 19.9 Å². The van der Waals surface area contributed by atoms with Gasteiger partial charge in [0, 0.05) is 41.5 Å². The molecule has 146 valence electrons. The minimum absolute atomic E-state index is 0.423. The van der Waals surface area contributed by atoms with Crippen LogP contribution in [0.15, 0.2) is 48.5 Å². The van der Waals surface area contributed by atoms with E-state index in [2.05, 4.69) is 51.6 Å².